The molecule has 0 amide bonds. The fourth-order valence-electron chi connectivity index (χ4n) is 7.11. The molecule has 4 rings (SSSR count). The summed E-state index contributed by atoms with van der Waals surface area (Å²) in [6.07, 6.45) is 0.0506. The van der Waals surface area contributed by atoms with E-state index in [1.54, 1.807) is 14.0 Å². The van der Waals surface area contributed by atoms with Crippen molar-refractivity contribution in [2.45, 2.75) is 70.2 Å². The number of carbonyl (C=O) groups excluding carboxylic acids is 1. The molecule has 3 aliphatic carbocycles. The monoisotopic (exact) mass is 396 g/mol. The van der Waals surface area contributed by atoms with Gasteiger partial charge in [0.05, 0.1) is 24.9 Å². The predicted octanol–water partition coefficient (Wildman–Crippen LogP) is 1.00. The van der Waals surface area contributed by atoms with Gasteiger partial charge in [-0.05, 0) is 31.8 Å². The number of carbonyl (C=O) groups is 1. The molecule has 0 bridgehead atoms. The number of hydrogen-bond donors (Lipinski definition) is 3. The van der Waals surface area contributed by atoms with Crippen molar-refractivity contribution in [3.8, 4) is 0 Å². The van der Waals surface area contributed by atoms with E-state index in [4.69, 9.17) is 14.2 Å². The SMILES string of the molecule is COC1=CCC2CC3OC(OC)CC4C(C)(O)C(O)C(O)C(C2(C)C1=O)C34C. The first-order chi connectivity index (χ1) is 13.0. The third-order valence-corrected chi connectivity index (χ3v) is 8.60. The van der Waals surface area contributed by atoms with Crippen molar-refractivity contribution in [2.75, 3.05) is 14.2 Å². The average Bonchev–Trinajstić information content (AvgIpc) is 2.65. The molecule has 3 N–H and O–H groups in total. The molecule has 0 radical (unpaired) electrons. The van der Waals surface area contributed by atoms with E-state index < -0.39 is 46.8 Å². The normalized spacial score (nSPS) is 55.8. The summed E-state index contributed by atoms with van der Waals surface area (Å²) in [5.74, 6) is -0.856. The van der Waals surface area contributed by atoms with Crippen LogP contribution in [0.1, 0.15) is 40.0 Å². The summed E-state index contributed by atoms with van der Waals surface area (Å²) in [5, 5.41) is 33.4. The van der Waals surface area contributed by atoms with Crippen LogP contribution in [0.5, 0.6) is 0 Å². The Balaban J connectivity index is 1.90. The molecule has 158 valence electrons. The van der Waals surface area contributed by atoms with E-state index in [0.717, 1.165) is 0 Å². The van der Waals surface area contributed by atoms with Crippen molar-refractivity contribution in [3.05, 3.63) is 11.8 Å². The van der Waals surface area contributed by atoms with Crippen LogP contribution < -0.4 is 0 Å². The van der Waals surface area contributed by atoms with E-state index in [1.807, 2.05) is 19.9 Å². The smallest absolute Gasteiger partial charge is 0.203 e. The summed E-state index contributed by atoms with van der Waals surface area (Å²) in [6.45, 7) is 5.44. The Kier molecular flexibility index (Phi) is 4.53. The Morgan fingerprint density at radius 2 is 1.86 bits per heavy atom. The van der Waals surface area contributed by atoms with Gasteiger partial charge in [0.2, 0.25) is 5.78 Å². The van der Waals surface area contributed by atoms with E-state index in [2.05, 4.69) is 0 Å². The van der Waals surface area contributed by atoms with Crippen LogP contribution in [0, 0.1) is 28.6 Å². The zero-order valence-electron chi connectivity index (χ0n) is 17.2. The zero-order valence-corrected chi connectivity index (χ0v) is 17.2. The Morgan fingerprint density at radius 1 is 1.18 bits per heavy atom. The van der Waals surface area contributed by atoms with Crippen molar-refractivity contribution in [1.82, 2.24) is 0 Å². The molecule has 0 aromatic heterocycles. The molecule has 1 saturated heterocycles. The lowest BCUT2D eigenvalue weighted by Gasteiger charge is -2.70. The number of fused-ring (bicyclic) bond motifs is 2. The van der Waals surface area contributed by atoms with Crippen molar-refractivity contribution in [1.29, 1.82) is 0 Å². The number of ketones is 1. The van der Waals surface area contributed by atoms with Gasteiger partial charge >= 0.3 is 0 Å². The highest BCUT2D eigenvalue weighted by Crippen LogP contribution is 2.68. The van der Waals surface area contributed by atoms with Gasteiger partial charge in [-0.25, -0.2) is 0 Å². The van der Waals surface area contributed by atoms with E-state index >= 15 is 0 Å². The fourth-order valence-corrected chi connectivity index (χ4v) is 7.11. The molecule has 0 aromatic rings. The fraction of sp³-hybridized carbons (Fsp3) is 0.857. The van der Waals surface area contributed by atoms with Gasteiger partial charge in [0, 0.05) is 36.2 Å². The van der Waals surface area contributed by atoms with E-state index in [0.29, 0.717) is 25.0 Å². The minimum Gasteiger partial charge on any atom is -0.493 e. The standard InChI is InChI=1S/C21H32O7/c1-19-10(6-7-11(26-4)17(19)23)8-13-20(2)12(9-14(27-5)28-13)21(3,25)18(24)15(22)16(19)20/h7,10,12-16,18,22,24-25H,6,8-9H2,1-5H3. The Bertz CT molecular complexity index is 703. The van der Waals surface area contributed by atoms with Gasteiger partial charge in [0.15, 0.2) is 12.0 Å². The van der Waals surface area contributed by atoms with Crippen molar-refractivity contribution in [3.63, 3.8) is 0 Å². The topological polar surface area (TPSA) is 105 Å². The highest BCUT2D eigenvalue weighted by atomic mass is 16.7. The van der Waals surface area contributed by atoms with Crippen LogP contribution in [0.15, 0.2) is 11.8 Å². The third-order valence-electron chi connectivity index (χ3n) is 8.60. The number of aliphatic hydroxyl groups is 3. The molecule has 1 aliphatic heterocycles. The van der Waals surface area contributed by atoms with Crippen molar-refractivity contribution in [2.24, 2.45) is 28.6 Å². The van der Waals surface area contributed by atoms with Crippen molar-refractivity contribution >= 4 is 5.78 Å². The first kappa shape index (κ1) is 20.3. The third kappa shape index (κ3) is 2.25. The van der Waals surface area contributed by atoms with Gasteiger partial charge in [-0.1, -0.05) is 13.8 Å². The number of aliphatic hydroxyl groups excluding tert-OH is 2. The number of Topliss-reactive ketones (excluding diaryl/α,β-unsaturated/α-hetero) is 1. The number of hydrogen-bond acceptors (Lipinski definition) is 7. The van der Waals surface area contributed by atoms with Crippen LogP contribution in [-0.4, -0.2) is 65.5 Å². The largest absolute Gasteiger partial charge is 0.493 e. The Morgan fingerprint density at radius 3 is 2.46 bits per heavy atom. The lowest BCUT2D eigenvalue weighted by molar-refractivity contribution is -0.353. The highest BCUT2D eigenvalue weighted by molar-refractivity contribution is 5.99. The molecular weight excluding hydrogens is 364 g/mol. The van der Waals surface area contributed by atoms with Gasteiger partial charge in [-0.2, -0.15) is 0 Å². The molecular formula is C21H32O7. The van der Waals surface area contributed by atoms with Crippen LogP contribution >= 0.6 is 0 Å². The van der Waals surface area contributed by atoms with Gasteiger partial charge in [-0.15, -0.1) is 0 Å². The van der Waals surface area contributed by atoms with Gasteiger partial charge in [-0.3, -0.25) is 4.79 Å². The lowest BCUT2D eigenvalue weighted by Crippen LogP contribution is -2.77. The maximum Gasteiger partial charge on any atom is 0.203 e. The summed E-state index contributed by atoms with van der Waals surface area (Å²) >= 11 is 0. The molecule has 7 heteroatoms. The molecule has 0 spiro atoms. The second-order valence-corrected chi connectivity index (χ2v) is 9.64. The maximum atomic E-state index is 13.4. The summed E-state index contributed by atoms with van der Waals surface area (Å²) in [4.78, 5) is 13.4. The van der Waals surface area contributed by atoms with Gasteiger partial charge < -0.3 is 29.5 Å². The second-order valence-electron chi connectivity index (χ2n) is 9.64. The minimum atomic E-state index is -1.52. The first-order valence-electron chi connectivity index (χ1n) is 10.1. The minimum absolute atomic E-state index is 0.0527. The van der Waals surface area contributed by atoms with E-state index in [9.17, 15) is 20.1 Å². The molecule has 2 saturated carbocycles. The second kappa shape index (κ2) is 6.25. The van der Waals surface area contributed by atoms with Gasteiger partial charge in [0.25, 0.3) is 0 Å². The van der Waals surface area contributed by atoms with Crippen LogP contribution in [0.4, 0.5) is 0 Å². The number of ether oxygens (including phenoxy) is 3. The molecule has 3 fully saturated rings. The Labute approximate surface area is 165 Å². The molecule has 4 aliphatic rings. The molecule has 28 heavy (non-hydrogen) atoms. The summed E-state index contributed by atoms with van der Waals surface area (Å²) in [5.41, 5.74) is -3.14. The maximum absolute atomic E-state index is 13.4. The van der Waals surface area contributed by atoms with Crippen LogP contribution in [0.2, 0.25) is 0 Å². The molecule has 1 heterocycles. The lowest BCUT2D eigenvalue weighted by atomic mass is 9.38. The van der Waals surface area contributed by atoms with Gasteiger partial charge in [0.1, 0.15) is 6.10 Å². The number of methoxy groups -OCH3 is 2. The van der Waals surface area contributed by atoms with Crippen molar-refractivity contribution < 1.29 is 34.3 Å². The quantitative estimate of drug-likeness (QED) is 0.639. The van der Waals surface area contributed by atoms with E-state index in [-0.39, 0.29) is 17.8 Å². The van der Waals surface area contributed by atoms with Crippen LogP contribution in [-0.2, 0) is 19.0 Å². The summed E-state index contributed by atoms with van der Waals surface area (Å²) in [6, 6.07) is 0. The number of rotatable bonds is 2. The molecule has 7 nitrogen and oxygen atoms in total. The number of allylic oxidation sites excluding steroid dienone is 2. The zero-order chi connectivity index (χ0) is 20.6. The predicted molar refractivity (Wildman–Crippen MR) is 98.9 cm³/mol. The Hall–Kier alpha value is -0.990. The molecule has 10 atom stereocenters. The van der Waals surface area contributed by atoms with E-state index in [1.165, 1.54) is 7.11 Å². The summed E-state index contributed by atoms with van der Waals surface area (Å²) in [7, 11) is 3.05. The molecule has 10 unspecified atom stereocenters. The molecule has 0 aromatic carbocycles. The first-order valence-corrected chi connectivity index (χ1v) is 10.1. The highest BCUT2D eigenvalue weighted by Gasteiger charge is 2.74. The van der Waals surface area contributed by atoms with Crippen LogP contribution in [0.3, 0.4) is 0 Å². The summed E-state index contributed by atoms with van der Waals surface area (Å²) < 4.78 is 17.0. The average molecular weight is 396 g/mol. The van der Waals surface area contributed by atoms with Crippen LogP contribution in [0.25, 0.3) is 0 Å².